The largest absolute Gasteiger partial charge is 0.495 e. The number of benzene rings is 3. The van der Waals surface area contributed by atoms with Crippen LogP contribution in [0.1, 0.15) is 37.5 Å². The molecule has 0 aliphatic carbocycles. The van der Waals surface area contributed by atoms with E-state index in [0.717, 1.165) is 25.5 Å². The Morgan fingerprint density at radius 3 is 2.12 bits per heavy atom. The molecule has 0 aliphatic heterocycles. The fourth-order valence-corrected chi connectivity index (χ4v) is 5.85. The summed E-state index contributed by atoms with van der Waals surface area (Å²) in [5.74, 6) is -0.309. The van der Waals surface area contributed by atoms with E-state index < -0.39 is 28.5 Å². The van der Waals surface area contributed by atoms with Crippen LogP contribution in [0.25, 0.3) is 0 Å². The van der Waals surface area contributed by atoms with Gasteiger partial charge in [-0.15, -0.1) is 0 Å². The van der Waals surface area contributed by atoms with Crippen molar-refractivity contribution in [3.63, 3.8) is 0 Å². The number of anilines is 1. The minimum absolute atomic E-state index is 0.0432. The third-order valence-corrected chi connectivity index (χ3v) is 8.91. The van der Waals surface area contributed by atoms with Gasteiger partial charge in [0.1, 0.15) is 18.3 Å². The van der Waals surface area contributed by atoms with E-state index in [4.69, 9.17) is 4.74 Å². The van der Waals surface area contributed by atoms with Gasteiger partial charge < -0.3 is 15.0 Å². The molecule has 0 saturated heterocycles. The molecule has 1 N–H and O–H groups in total. The monoisotopic (exact) mass is 643 g/mol. The molecule has 2 amide bonds. The highest BCUT2D eigenvalue weighted by Gasteiger charge is 2.34. The summed E-state index contributed by atoms with van der Waals surface area (Å²) in [5.41, 5.74) is 2.74. The number of hydrogen-bond donors (Lipinski definition) is 1. The summed E-state index contributed by atoms with van der Waals surface area (Å²) < 4.78 is 35.6. The van der Waals surface area contributed by atoms with E-state index in [1.165, 1.54) is 24.1 Å². The molecule has 0 unspecified atom stereocenters. The molecule has 220 valence electrons. The van der Waals surface area contributed by atoms with E-state index in [0.29, 0.717) is 12.3 Å². The molecular weight excluding hydrogens is 606 g/mol. The van der Waals surface area contributed by atoms with Crippen LogP contribution in [0.2, 0.25) is 0 Å². The van der Waals surface area contributed by atoms with Crippen LogP contribution >= 0.6 is 15.9 Å². The van der Waals surface area contributed by atoms with Crippen molar-refractivity contribution < 1.29 is 22.7 Å². The molecule has 10 heteroatoms. The molecule has 1 atom stereocenters. The number of nitrogens with zero attached hydrogens (tertiary/aromatic N) is 2. The Morgan fingerprint density at radius 2 is 1.54 bits per heavy atom. The molecule has 0 spiro atoms. The van der Waals surface area contributed by atoms with Gasteiger partial charge in [-0.2, -0.15) is 0 Å². The molecule has 0 aliphatic rings. The Bertz CT molecular complexity index is 1460. The average molecular weight is 645 g/mol. The number of nitrogens with one attached hydrogen (secondary N) is 1. The molecule has 0 aromatic heterocycles. The van der Waals surface area contributed by atoms with Gasteiger partial charge in [0, 0.05) is 17.6 Å². The van der Waals surface area contributed by atoms with E-state index in [-0.39, 0.29) is 29.0 Å². The summed E-state index contributed by atoms with van der Waals surface area (Å²) >= 11 is 3.42. The lowest BCUT2D eigenvalue weighted by Crippen LogP contribution is -2.51. The van der Waals surface area contributed by atoms with Crippen LogP contribution in [-0.2, 0) is 26.2 Å². The summed E-state index contributed by atoms with van der Waals surface area (Å²) in [6.45, 7) is 9.36. The molecule has 3 aromatic carbocycles. The SMILES string of the molecule is COc1ccc(C)cc1N(CC(=O)N(Cc1ccc(Br)cc1)[C@@H](C)C(=O)NCC(C)C)S(=O)(=O)c1ccc(C)cc1. The number of rotatable bonds is 12. The van der Waals surface area contributed by atoms with Crippen LogP contribution in [0.3, 0.4) is 0 Å². The smallest absolute Gasteiger partial charge is 0.264 e. The highest BCUT2D eigenvalue weighted by molar-refractivity contribution is 9.10. The zero-order valence-corrected chi connectivity index (χ0v) is 26.8. The van der Waals surface area contributed by atoms with Crippen LogP contribution in [0.4, 0.5) is 5.69 Å². The maximum Gasteiger partial charge on any atom is 0.264 e. The fourth-order valence-electron chi connectivity index (χ4n) is 4.17. The first-order valence-electron chi connectivity index (χ1n) is 13.4. The minimum Gasteiger partial charge on any atom is -0.495 e. The maximum atomic E-state index is 14.1. The lowest BCUT2D eigenvalue weighted by molar-refractivity contribution is -0.139. The number of carbonyl (C=O) groups is 2. The fraction of sp³-hybridized carbons (Fsp3) is 0.355. The zero-order valence-electron chi connectivity index (χ0n) is 24.3. The van der Waals surface area contributed by atoms with Crippen molar-refractivity contribution in [3.8, 4) is 5.75 Å². The summed E-state index contributed by atoms with van der Waals surface area (Å²) in [7, 11) is -2.74. The third-order valence-electron chi connectivity index (χ3n) is 6.61. The number of methoxy groups -OCH3 is 1. The van der Waals surface area contributed by atoms with Crippen molar-refractivity contribution in [3.05, 3.63) is 87.9 Å². The molecule has 8 nitrogen and oxygen atoms in total. The van der Waals surface area contributed by atoms with Gasteiger partial charge in [-0.1, -0.05) is 65.7 Å². The van der Waals surface area contributed by atoms with Crippen LogP contribution in [-0.4, -0.2) is 51.4 Å². The minimum atomic E-state index is -4.20. The number of sulfonamides is 1. The lowest BCUT2D eigenvalue weighted by Gasteiger charge is -2.32. The van der Waals surface area contributed by atoms with Crippen molar-refractivity contribution in [1.82, 2.24) is 10.2 Å². The number of hydrogen-bond acceptors (Lipinski definition) is 5. The predicted octanol–water partition coefficient (Wildman–Crippen LogP) is 5.46. The highest BCUT2D eigenvalue weighted by Crippen LogP contribution is 2.34. The first-order valence-corrected chi connectivity index (χ1v) is 15.6. The normalized spacial score (nSPS) is 12.1. The van der Waals surface area contributed by atoms with Crippen molar-refractivity contribution in [2.45, 2.75) is 52.1 Å². The van der Waals surface area contributed by atoms with Gasteiger partial charge in [0.05, 0.1) is 17.7 Å². The van der Waals surface area contributed by atoms with Crippen LogP contribution in [0, 0.1) is 19.8 Å². The second-order valence-corrected chi connectivity index (χ2v) is 13.2. The Labute approximate surface area is 251 Å². The zero-order chi connectivity index (χ0) is 30.3. The Morgan fingerprint density at radius 1 is 0.927 bits per heavy atom. The number of amides is 2. The van der Waals surface area contributed by atoms with Gasteiger partial charge in [0.25, 0.3) is 10.0 Å². The second kappa shape index (κ2) is 14.0. The van der Waals surface area contributed by atoms with Gasteiger partial charge >= 0.3 is 0 Å². The quantitative estimate of drug-likeness (QED) is 0.283. The summed E-state index contributed by atoms with van der Waals surface area (Å²) in [6, 6.07) is 18.2. The molecule has 0 saturated carbocycles. The van der Waals surface area contributed by atoms with Gasteiger partial charge in [0.2, 0.25) is 11.8 Å². The summed E-state index contributed by atoms with van der Waals surface area (Å²) in [6.07, 6.45) is 0. The molecule has 3 aromatic rings. The molecule has 0 fully saturated rings. The van der Waals surface area contributed by atoms with Crippen LogP contribution in [0.15, 0.2) is 76.1 Å². The number of aryl methyl sites for hydroxylation is 2. The van der Waals surface area contributed by atoms with E-state index >= 15 is 0 Å². The second-order valence-electron chi connectivity index (χ2n) is 10.5. The lowest BCUT2D eigenvalue weighted by atomic mass is 10.1. The molecule has 0 heterocycles. The predicted molar refractivity (Wildman–Crippen MR) is 165 cm³/mol. The van der Waals surface area contributed by atoms with Crippen molar-refractivity contribution in [2.24, 2.45) is 5.92 Å². The standard InChI is InChI=1S/C31H38BrN3O5S/c1-21(2)18-33-31(37)24(5)34(19-25-10-12-26(32)13-11-25)30(36)20-35(28-17-23(4)9-16-29(28)40-6)41(38,39)27-14-7-22(3)8-15-27/h7-17,21,24H,18-20H2,1-6H3,(H,33,37)/t24-/m0/s1. The van der Waals surface area contributed by atoms with Crippen LogP contribution < -0.4 is 14.4 Å². The van der Waals surface area contributed by atoms with Crippen molar-refractivity contribution in [2.75, 3.05) is 24.5 Å². The van der Waals surface area contributed by atoms with Gasteiger partial charge in [-0.05, 0) is 74.2 Å². The van der Waals surface area contributed by atoms with E-state index in [1.54, 1.807) is 31.2 Å². The number of ether oxygens (including phenoxy) is 1. The molecular formula is C31H38BrN3O5S. The molecule has 0 bridgehead atoms. The van der Waals surface area contributed by atoms with Crippen molar-refractivity contribution >= 4 is 43.5 Å². The average Bonchev–Trinajstić information content (AvgIpc) is 2.93. The summed E-state index contributed by atoms with van der Waals surface area (Å²) in [5, 5.41) is 2.89. The van der Waals surface area contributed by atoms with Gasteiger partial charge in [-0.25, -0.2) is 8.42 Å². The molecule has 3 rings (SSSR count). The van der Waals surface area contributed by atoms with Gasteiger partial charge in [0.15, 0.2) is 0 Å². The third kappa shape index (κ3) is 8.33. The Balaban J connectivity index is 2.08. The number of carbonyl (C=O) groups excluding carboxylic acids is 2. The maximum absolute atomic E-state index is 14.1. The van der Waals surface area contributed by atoms with E-state index in [1.807, 2.05) is 58.0 Å². The first kappa shape index (κ1) is 32.1. The van der Waals surface area contributed by atoms with E-state index in [9.17, 15) is 18.0 Å². The molecule has 0 radical (unpaired) electrons. The first-order chi connectivity index (χ1) is 19.3. The Hall–Kier alpha value is -3.37. The van der Waals surface area contributed by atoms with E-state index in [2.05, 4.69) is 21.2 Å². The van der Waals surface area contributed by atoms with Gasteiger partial charge in [-0.3, -0.25) is 13.9 Å². The topological polar surface area (TPSA) is 96.0 Å². The van der Waals surface area contributed by atoms with Crippen molar-refractivity contribution in [1.29, 1.82) is 0 Å². The highest BCUT2D eigenvalue weighted by atomic mass is 79.9. The summed E-state index contributed by atoms with van der Waals surface area (Å²) in [4.78, 5) is 28.7. The Kier molecular flexibility index (Phi) is 11.0. The number of halogens is 1. The molecule has 41 heavy (non-hydrogen) atoms. The van der Waals surface area contributed by atoms with Crippen LogP contribution in [0.5, 0.6) is 5.75 Å².